The Morgan fingerprint density at radius 1 is 1.30 bits per heavy atom. The van der Waals surface area contributed by atoms with Crippen LogP contribution in [0.1, 0.15) is 38.2 Å². The van der Waals surface area contributed by atoms with Crippen molar-refractivity contribution in [1.82, 2.24) is 9.62 Å². The van der Waals surface area contributed by atoms with E-state index in [1.165, 1.54) is 12.8 Å². The van der Waals surface area contributed by atoms with Gasteiger partial charge in [0, 0.05) is 25.7 Å². The highest BCUT2D eigenvalue weighted by atomic mass is 32.2. The lowest BCUT2D eigenvalue weighted by Gasteiger charge is -2.33. The SMILES string of the molecule is CC(C)c1ccccc1S(=O)(=O)NC[C@@H]1CN(C2CC2)CCO1. The van der Waals surface area contributed by atoms with E-state index in [9.17, 15) is 8.42 Å². The molecule has 0 amide bonds. The van der Waals surface area contributed by atoms with E-state index in [-0.39, 0.29) is 12.0 Å². The van der Waals surface area contributed by atoms with Crippen LogP contribution in [0.25, 0.3) is 0 Å². The molecule has 1 saturated heterocycles. The van der Waals surface area contributed by atoms with Crippen molar-refractivity contribution in [1.29, 1.82) is 0 Å². The van der Waals surface area contributed by atoms with E-state index in [2.05, 4.69) is 9.62 Å². The average Bonchev–Trinajstić information content (AvgIpc) is 3.38. The molecule has 0 bridgehead atoms. The molecule has 1 aromatic carbocycles. The Morgan fingerprint density at radius 2 is 2.04 bits per heavy atom. The minimum absolute atomic E-state index is 0.0645. The van der Waals surface area contributed by atoms with Gasteiger partial charge in [0.25, 0.3) is 0 Å². The summed E-state index contributed by atoms with van der Waals surface area (Å²) in [5.41, 5.74) is 0.851. The molecule has 1 aliphatic carbocycles. The molecule has 2 fully saturated rings. The van der Waals surface area contributed by atoms with Gasteiger partial charge in [0.2, 0.25) is 10.0 Å². The fraction of sp³-hybridized carbons (Fsp3) is 0.647. The second kappa shape index (κ2) is 6.89. The van der Waals surface area contributed by atoms with Crippen molar-refractivity contribution in [3.8, 4) is 0 Å². The molecule has 6 heteroatoms. The van der Waals surface area contributed by atoms with Gasteiger partial charge in [-0.25, -0.2) is 13.1 Å². The van der Waals surface area contributed by atoms with E-state index in [4.69, 9.17) is 4.74 Å². The molecule has 0 unspecified atom stereocenters. The minimum Gasteiger partial charge on any atom is -0.374 e. The molecule has 23 heavy (non-hydrogen) atoms. The molecule has 2 aliphatic rings. The van der Waals surface area contributed by atoms with E-state index < -0.39 is 10.0 Å². The van der Waals surface area contributed by atoms with Gasteiger partial charge in [-0.15, -0.1) is 0 Å². The number of rotatable bonds is 6. The first kappa shape index (κ1) is 16.9. The quantitative estimate of drug-likeness (QED) is 0.861. The summed E-state index contributed by atoms with van der Waals surface area (Å²) < 4.78 is 33.8. The van der Waals surface area contributed by atoms with Crippen LogP contribution < -0.4 is 4.72 Å². The molecule has 1 saturated carbocycles. The van der Waals surface area contributed by atoms with Crippen molar-refractivity contribution in [2.45, 2.75) is 49.6 Å². The number of hydrogen-bond donors (Lipinski definition) is 1. The van der Waals surface area contributed by atoms with Gasteiger partial charge in [0.1, 0.15) is 0 Å². The van der Waals surface area contributed by atoms with Gasteiger partial charge in [-0.3, -0.25) is 4.90 Å². The Bertz CT molecular complexity index is 641. The van der Waals surface area contributed by atoms with E-state index in [1.807, 2.05) is 26.0 Å². The van der Waals surface area contributed by atoms with Crippen molar-refractivity contribution >= 4 is 10.0 Å². The van der Waals surface area contributed by atoms with Crippen molar-refractivity contribution in [2.24, 2.45) is 0 Å². The minimum atomic E-state index is -3.51. The molecule has 1 aromatic rings. The largest absolute Gasteiger partial charge is 0.374 e. The first-order valence-electron chi connectivity index (χ1n) is 8.41. The van der Waals surface area contributed by atoms with Gasteiger partial charge >= 0.3 is 0 Å². The highest BCUT2D eigenvalue weighted by Crippen LogP contribution is 2.28. The van der Waals surface area contributed by atoms with Crippen molar-refractivity contribution in [2.75, 3.05) is 26.2 Å². The summed E-state index contributed by atoms with van der Waals surface area (Å²) in [6.45, 7) is 6.81. The number of nitrogens with one attached hydrogen (secondary N) is 1. The fourth-order valence-corrected chi connectivity index (χ4v) is 4.55. The monoisotopic (exact) mass is 338 g/mol. The molecule has 0 radical (unpaired) electrons. The Hall–Kier alpha value is -0.950. The smallest absolute Gasteiger partial charge is 0.240 e. The Labute approximate surface area is 139 Å². The van der Waals surface area contributed by atoms with Gasteiger partial charge in [0.05, 0.1) is 17.6 Å². The maximum absolute atomic E-state index is 12.6. The molecule has 128 valence electrons. The second-order valence-electron chi connectivity index (χ2n) is 6.76. The van der Waals surface area contributed by atoms with Gasteiger partial charge < -0.3 is 4.74 Å². The number of benzene rings is 1. The summed E-state index contributed by atoms with van der Waals surface area (Å²) in [4.78, 5) is 2.80. The van der Waals surface area contributed by atoms with Gasteiger partial charge in [0.15, 0.2) is 0 Å². The molecule has 1 N–H and O–H groups in total. The lowest BCUT2D eigenvalue weighted by atomic mass is 10.0. The third-order valence-corrected chi connectivity index (χ3v) is 6.06. The first-order valence-corrected chi connectivity index (χ1v) is 9.90. The average molecular weight is 338 g/mol. The van der Waals surface area contributed by atoms with Gasteiger partial charge in [-0.1, -0.05) is 32.0 Å². The zero-order valence-electron chi connectivity index (χ0n) is 13.9. The fourth-order valence-electron chi connectivity index (χ4n) is 3.12. The van der Waals surface area contributed by atoms with E-state index in [0.717, 1.165) is 18.7 Å². The van der Waals surface area contributed by atoms with E-state index in [0.29, 0.717) is 24.1 Å². The Balaban J connectivity index is 1.64. The number of nitrogens with zero attached hydrogens (tertiary/aromatic N) is 1. The van der Waals surface area contributed by atoms with Crippen LogP contribution >= 0.6 is 0 Å². The first-order chi connectivity index (χ1) is 11.0. The third kappa shape index (κ3) is 4.12. The summed E-state index contributed by atoms with van der Waals surface area (Å²) >= 11 is 0. The highest BCUT2D eigenvalue weighted by molar-refractivity contribution is 7.89. The predicted octanol–water partition coefficient (Wildman–Crippen LogP) is 1.95. The van der Waals surface area contributed by atoms with Crippen molar-refractivity contribution < 1.29 is 13.2 Å². The molecular weight excluding hydrogens is 312 g/mol. The highest BCUT2D eigenvalue weighted by Gasteiger charge is 2.33. The molecule has 1 aliphatic heterocycles. The van der Waals surface area contributed by atoms with Gasteiger partial charge in [-0.2, -0.15) is 0 Å². The van der Waals surface area contributed by atoms with Crippen LogP contribution in [0.4, 0.5) is 0 Å². The molecule has 3 rings (SSSR count). The topological polar surface area (TPSA) is 58.6 Å². The number of sulfonamides is 1. The summed E-state index contributed by atoms with van der Waals surface area (Å²) in [5, 5.41) is 0. The number of hydrogen-bond acceptors (Lipinski definition) is 4. The zero-order chi connectivity index (χ0) is 16.4. The van der Waals surface area contributed by atoms with Crippen LogP contribution in [0, 0.1) is 0 Å². The molecule has 0 aromatic heterocycles. The summed E-state index contributed by atoms with van der Waals surface area (Å²) in [6.07, 6.45) is 2.46. The summed E-state index contributed by atoms with van der Waals surface area (Å²) in [7, 11) is -3.51. The van der Waals surface area contributed by atoms with Crippen molar-refractivity contribution in [3.05, 3.63) is 29.8 Å². The van der Waals surface area contributed by atoms with E-state index in [1.54, 1.807) is 12.1 Å². The van der Waals surface area contributed by atoms with Crippen LogP contribution in [0.3, 0.4) is 0 Å². The Kier molecular flexibility index (Phi) is 5.06. The molecule has 1 heterocycles. The predicted molar refractivity (Wildman–Crippen MR) is 90.1 cm³/mol. The molecule has 0 spiro atoms. The molecule has 1 atom stereocenters. The summed E-state index contributed by atoms with van der Waals surface area (Å²) in [5.74, 6) is 0.166. The maximum atomic E-state index is 12.6. The molecular formula is C17H26N2O3S. The standard InChI is InChI=1S/C17H26N2O3S/c1-13(2)16-5-3-4-6-17(16)23(20,21)18-11-15-12-19(9-10-22-15)14-7-8-14/h3-6,13-15,18H,7-12H2,1-2H3/t15-/m1/s1. The van der Waals surface area contributed by atoms with Crippen LogP contribution in [0.5, 0.6) is 0 Å². The van der Waals surface area contributed by atoms with Crippen LogP contribution in [-0.4, -0.2) is 51.7 Å². The van der Waals surface area contributed by atoms with Gasteiger partial charge in [-0.05, 0) is 30.4 Å². The van der Waals surface area contributed by atoms with E-state index >= 15 is 0 Å². The van der Waals surface area contributed by atoms with Crippen molar-refractivity contribution in [3.63, 3.8) is 0 Å². The lowest BCUT2D eigenvalue weighted by Crippen LogP contribution is -2.48. The number of ether oxygens (including phenoxy) is 1. The van der Waals surface area contributed by atoms with Crippen LogP contribution in [0.15, 0.2) is 29.2 Å². The zero-order valence-corrected chi connectivity index (χ0v) is 14.7. The number of morpholine rings is 1. The normalized spacial score (nSPS) is 23.3. The Morgan fingerprint density at radius 3 is 2.74 bits per heavy atom. The second-order valence-corrected chi connectivity index (χ2v) is 8.50. The lowest BCUT2D eigenvalue weighted by molar-refractivity contribution is -0.0277. The molecule has 5 nitrogen and oxygen atoms in total. The third-order valence-electron chi connectivity index (χ3n) is 4.57. The van der Waals surface area contributed by atoms with Crippen LogP contribution in [0.2, 0.25) is 0 Å². The summed E-state index contributed by atoms with van der Waals surface area (Å²) in [6, 6.07) is 7.90. The maximum Gasteiger partial charge on any atom is 0.240 e. The van der Waals surface area contributed by atoms with Crippen LogP contribution in [-0.2, 0) is 14.8 Å².